The van der Waals surface area contributed by atoms with Crippen LogP contribution in [0.1, 0.15) is 24.9 Å². The number of benzene rings is 1. The third kappa shape index (κ3) is 5.07. The van der Waals surface area contributed by atoms with Crippen molar-refractivity contribution in [2.24, 2.45) is 0 Å². The van der Waals surface area contributed by atoms with E-state index in [1.54, 1.807) is 0 Å². The van der Waals surface area contributed by atoms with E-state index in [-0.39, 0.29) is 19.0 Å². The number of rotatable bonds is 7. The molecule has 5 nitrogen and oxygen atoms in total. The van der Waals surface area contributed by atoms with Crippen LogP contribution in [0.3, 0.4) is 0 Å². The van der Waals surface area contributed by atoms with Gasteiger partial charge in [0, 0.05) is 6.54 Å². The highest BCUT2D eigenvalue weighted by molar-refractivity contribution is 6.29. The summed E-state index contributed by atoms with van der Waals surface area (Å²) in [4.78, 5) is 24.9. The molecule has 0 aliphatic rings. The van der Waals surface area contributed by atoms with Gasteiger partial charge in [-0.2, -0.15) is 0 Å². The largest absolute Gasteiger partial charge is 0.468 e. The zero-order valence-corrected chi connectivity index (χ0v) is 13.5. The number of nitrogens with zero attached hydrogens (tertiary/aromatic N) is 1. The summed E-state index contributed by atoms with van der Waals surface area (Å²) in [7, 11) is 1.27. The lowest BCUT2D eigenvalue weighted by Gasteiger charge is -2.28. The zero-order valence-electron chi connectivity index (χ0n) is 12.7. The molecule has 1 rings (SSSR count). The van der Waals surface area contributed by atoms with Crippen molar-refractivity contribution in [3.8, 4) is 0 Å². The Morgan fingerprint density at radius 2 is 2.00 bits per heavy atom. The monoisotopic (exact) mass is 325 g/mol. The second kappa shape index (κ2) is 9.10. The molecule has 1 aromatic carbocycles. The van der Waals surface area contributed by atoms with E-state index in [0.29, 0.717) is 0 Å². The molecule has 1 aromatic rings. The van der Waals surface area contributed by atoms with Crippen molar-refractivity contribution in [1.82, 2.24) is 4.90 Å². The SMILES string of the molecule is C=COC(=O)N(CC[C@@H](Cl)C(=O)OC)[C@H](C)c1ccccc1. The lowest BCUT2D eigenvalue weighted by molar-refractivity contribution is -0.140. The van der Waals surface area contributed by atoms with E-state index in [2.05, 4.69) is 11.3 Å². The van der Waals surface area contributed by atoms with E-state index >= 15 is 0 Å². The van der Waals surface area contributed by atoms with Gasteiger partial charge in [-0.05, 0) is 18.9 Å². The minimum absolute atomic E-state index is 0.227. The highest BCUT2D eigenvalue weighted by Gasteiger charge is 2.25. The molecule has 0 aliphatic heterocycles. The lowest BCUT2D eigenvalue weighted by atomic mass is 10.1. The summed E-state index contributed by atoms with van der Waals surface area (Å²) in [5.74, 6) is -0.522. The van der Waals surface area contributed by atoms with Gasteiger partial charge in [-0.15, -0.1) is 11.6 Å². The molecule has 0 saturated heterocycles. The molecular formula is C16H20ClNO4. The molecule has 0 aromatic heterocycles. The molecule has 22 heavy (non-hydrogen) atoms. The van der Waals surface area contributed by atoms with Gasteiger partial charge in [-0.25, -0.2) is 4.79 Å². The van der Waals surface area contributed by atoms with Crippen LogP contribution in [-0.2, 0) is 14.3 Å². The van der Waals surface area contributed by atoms with Crippen LogP contribution in [-0.4, -0.2) is 36.0 Å². The van der Waals surface area contributed by atoms with Crippen LogP contribution in [0, 0.1) is 0 Å². The Bertz CT molecular complexity index is 506. The second-order valence-corrected chi connectivity index (χ2v) is 5.14. The summed E-state index contributed by atoms with van der Waals surface area (Å²) in [6.07, 6.45) is 0.795. The van der Waals surface area contributed by atoms with Crippen molar-refractivity contribution >= 4 is 23.7 Å². The fourth-order valence-corrected chi connectivity index (χ4v) is 2.18. The predicted molar refractivity (Wildman–Crippen MR) is 84.5 cm³/mol. The Labute approximate surface area is 135 Å². The Hall–Kier alpha value is -2.01. The van der Waals surface area contributed by atoms with Gasteiger partial charge in [0.05, 0.1) is 19.4 Å². The van der Waals surface area contributed by atoms with E-state index in [1.165, 1.54) is 12.0 Å². The first-order valence-corrected chi connectivity index (χ1v) is 7.30. The van der Waals surface area contributed by atoms with Crippen molar-refractivity contribution < 1.29 is 19.1 Å². The number of hydrogen-bond acceptors (Lipinski definition) is 4. The lowest BCUT2D eigenvalue weighted by Crippen LogP contribution is -2.36. The average molecular weight is 326 g/mol. The Balaban J connectivity index is 2.82. The van der Waals surface area contributed by atoms with Crippen molar-refractivity contribution in [1.29, 1.82) is 0 Å². The molecule has 0 aliphatic carbocycles. The van der Waals surface area contributed by atoms with Crippen molar-refractivity contribution in [3.63, 3.8) is 0 Å². The van der Waals surface area contributed by atoms with Crippen molar-refractivity contribution in [2.75, 3.05) is 13.7 Å². The number of carbonyl (C=O) groups is 2. The maximum atomic E-state index is 12.1. The van der Waals surface area contributed by atoms with Gasteiger partial charge in [0.1, 0.15) is 5.38 Å². The first kappa shape index (κ1) is 18.0. The fourth-order valence-electron chi connectivity index (χ4n) is 1.99. The molecule has 0 unspecified atom stereocenters. The van der Waals surface area contributed by atoms with Crippen molar-refractivity contribution in [3.05, 3.63) is 48.7 Å². The summed E-state index contributed by atoms with van der Waals surface area (Å²) in [6, 6.07) is 9.28. The van der Waals surface area contributed by atoms with Gasteiger partial charge in [-0.1, -0.05) is 36.9 Å². The highest BCUT2D eigenvalue weighted by atomic mass is 35.5. The van der Waals surface area contributed by atoms with Crippen LogP contribution in [0.2, 0.25) is 0 Å². The molecule has 0 spiro atoms. The van der Waals surface area contributed by atoms with Gasteiger partial charge in [0.25, 0.3) is 0 Å². The minimum atomic E-state index is -0.813. The van der Waals surface area contributed by atoms with Crippen LogP contribution in [0.5, 0.6) is 0 Å². The summed E-state index contributed by atoms with van der Waals surface area (Å²) >= 11 is 5.93. The maximum absolute atomic E-state index is 12.1. The van der Waals surface area contributed by atoms with E-state index in [9.17, 15) is 9.59 Å². The molecular weight excluding hydrogens is 306 g/mol. The molecule has 0 bridgehead atoms. The third-order valence-electron chi connectivity index (χ3n) is 3.25. The van der Waals surface area contributed by atoms with Gasteiger partial charge in [0.2, 0.25) is 0 Å². The normalized spacial score (nSPS) is 12.9. The number of esters is 1. The smallest absolute Gasteiger partial charge is 0.415 e. The Morgan fingerprint density at radius 1 is 1.36 bits per heavy atom. The standard InChI is InChI=1S/C16H20ClNO4/c1-4-22-16(20)18(11-10-14(17)15(19)21-3)12(2)13-8-6-5-7-9-13/h4-9,12,14H,1,10-11H2,2-3H3/t12-,14-/m1/s1. The van der Waals surface area contributed by atoms with Crippen LogP contribution in [0.25, 0.3) is 0 Å². The van der Waals surface area contributed by atoms with Crippen LogP contribution in [0.4, 0.5) is 4.79 Å². The highest BCUT2D eigenvalue weighted by Crippen LogP contribution is 2.22. The molecule has 2 atom stereocenters. The fraction of sp³-hybridized carbons (Fsp3) is 0.375. The van der Waals surface area contributed by atoms with Crippen LogP contribution < -0.4 is 0 Å². The molecule has 0 radical (unpaired) electrons. The van der Waals surface area contributed by atoms with E-state index < -0.39 is 17.4 Å². The Morgan fingerprint density at radius 3 is 2.55 bits per heavy atom. The molecule has 120 valence electrons. The second-order valence-electron chi connectivity index (χ2n) is 4.61. The minimum Gasteiger partial charge on any atom is -0.468 e. The van der Waals surface area contributed by atoms with Crippen molar-refractivity contribution in [2.45, 2.75) is 24.8 Å². The summed E-state index contributed by atoms with van der Waals surface area (Å²) < 4.78 is 9.43. The first-order valence-electron chi connectivity index (χ1n) is 6.86. The predicted octanol–water partition coefficient (Wildman–Crippen LogP) is 3.50. The number of ether oxygens (including phenoxy) is 2. The molecule has 0 heterocycles. The van der Waals surface area contributed by atoms with Gasteiger partial charge < -0.3 is 14.4 Å². The topological polar surface area (TPSA) is 55.8 Å². The molecule has 0 saturated carbocycles. The van der Waals surface area contributed by atoms with E-state index in [4.69, 9.17) is 16.3 Å². The molecule has 0 fully saturated rings. The zero-order chi connectivity index (χ0) is 16.5. The van der Waals surface area contributed by atoms with Gasteiger partial charge in [0.15, 0.2) is 0 Å². The number of alkyl halides is 1. The number of hydrogen-bond donors (Lipinski definition) is 0. The van der Waals surface area contributed by atoms with E-state index in [1.807, 2.05) is 37.3 Å². The van der Waals surface area contributed by atoms with E-state index in [0.717, 1.165) is 11.8 Å². The third-order valence-corrected chi connectivity index (χ3v) is 3.64. The summed E-state index contributed by atoms with van der Waals surface area (Å²) in [5, 5.41) is -0.813. The Kier molecular flexibility index (Phi) is 7.46. The molecule has 0 N–H and O–H groups in total. The number of amides is 1. The summed E-state index contributed by atoms with van der Waals surface area (Å²) in [5.41, 5.74) is 0.952. The van der Waals surface area contributed by atoms with Crippen LogP contribution in [0.15, 0.2) is 43.2 Å². The number of carbonyl (C=O) groups excluding carboxylic acids is 2. The van der Waals surface area contributed by atoms with Gasteiger partial charge >= 0.3 is 12.1 Å². The maximum Gasteiger partial charge on any atom is 0.415 e. The average Bonchev–Trinajstić information content (AvgIpc) is 2.54. The summed E-state index contributed by atoms with van der Waals surface area (Å²) in [6.45, 7) is 5.51. The number of methoxy groups -OCH3 is 1. The quantitative estimate of drug-likeness (QED) is 0.437. The first-order chi connectivity index (χ1) is 10.5. The van der Waals surface area contributed by atoms with Gasteiger partial charge in [-0.3, -0.25) is 4.79 Å². The molecule has 1 amide bonds. The molecule has 6 heteroatoms. The van der Waals surface area contributed by atoms with Crippen LogP contribution >= 0.6 is 11.6 Å². The number of halogens is 1.